The van der Waals surface area contributed by atoms with Crippen LogP contribution in [0, 0.1) is 0 Å². The van der Waals surface area contributed by atoms with E-state index >= 15 is 0 Å². The molecule has 0 spiro atoms. The lowest BCUT2D eigenvalue weighted by molar-refractivity contribution is 0.0527. The topological polar surface area (TPSA) is 65.1 Å². The number of rotatable bonds is 4. The molecule has 0 fully saturated rings. The number of carbonyl (C=O) groups is 1. The summed E-state index contributed by atoms with van der Waals surface area (Å²) in [7, 11) is 0. The van der Waals surface area contributed by atoms with Gasteiger partial charge in [-0.05, 0) is 24.6 Å². The number of para-hydroxylation sites is 1. The predicted molar refractivity (Wildman–Crippen MR) is 86.6 cm³/mol. The highest BCUT2D eigenvalue weighted by atomic mass is 16.3. The smallest absolute Gasteiger partial charge is 0.253 e. The molecule has 112 valence electrons. The van der Waals surface area contributed by atoms with Crippen LogP contribution in [0.15, 0.2) is 60.8 Å². The summed E-state index contributed by atoms with van der Waals surface area (Å²) in [4.78, 5) is 15.5. The highest BCUT2D eigenvalue weighted by molar-refractivity contribution is 6.05. The summed E-state index contributed by atoms with van der Waals surface area (Å²) in [6.45, 7) is 1.84. The van der Waals surface area contributed by atoms with Gasteiger partial charge in [0.05, 0.1) is 17.6 Å². The molecule has 0 aliphatic rings. The molecule has 2 aromatic carbocycles. The van der Waals surface area contributed by atoms with E-state index in [0.29, 0.717) is 5.56 Å². The average Bonchev–Trinajstić information content (AvgIpc) is 3.02. The summed E-state index contributed by atoms with van der Waals surface area (Å²) in [6, 6.07) is 16.8. The molecule has 1 atom stereocenters. The third-order valence-corrected chi connectivity index (χ3v) is 3.82. The van der Waals surface area contributed by atoms with Crippen LogP contribution in [0.3, 0.4) is 0 Å². The van der Waals surface area contributed by atoms with Crippen LogP contribution in [-0.2, 0) is 5.60 Å². The molecule has 0 bridgehead atoms. The number of H-pyrrole nitrogens is 1. The number of nitrogens with one attached hydrogen (secondary N) is 2. The van der Waals surface area contributed by atoms with Crippen LogP contribution >= 0.6 is 0 Å². The second kappa shape index (κ2) is 5.66. The fourth-order valence-corrected chi connectivity index (χ4v) is 2.52. The molecular formula is C18H18N2O2. The van der Waals surface area contributed by atoms with Crippen LogP contribution in [0.2, 0.25) is 0 Å². The SMILES string of the molecule is CC(O)(CNC(=O)c1cccc2cc[nH]c12)c1ccccc1. The van der Waals surface area contributed by atoms with E-state index in [9.17, 15) is 9.90 Å². The fraction of sp³-hybridized carbons (Fsp3) is 0.167. The molecule has 1 aromatic heterocycles. The Morgan fingerprint density at radius 2 is 1.91 bits per heavy atom. The fourth-order valence-electron chi connectivity index (χ4n) is 2.52. The number of hydrogen-bond donors (Lipinski definition) is 3. The van der Waals surface area contributed by atoms with Gasteiger partial charge in [0.15, 0.2) is 0 Å². The van der Waals surface area contributed by atoms with Gasteiger partial charge in [0.1, 0.15) is 5.60 Å². The van der Waals surface area contributed by atoms with Crippen molar-refractivity contribution in [2.75, 3.05) is 6.54 Å². The number of aromatic amines is 1. The summed E-state index contributed by atoms with van der Waals surface area (Å²) in [5, 5.41) is 14.3. The summed E-state index contributed by atoms with van der Waals surface area (Å²) >= 11 is 0. The number of aliphatic hydroxyl groups is 1. The number of fused-ring (bicyclic) bond motifs is 1. The number of hydrogen-bond acceptors (Lipinski definition) is 2. The number of amides is 1. The number of carbonyl (C=O) groups excluding carboxylic acids is 1. The van der Waals surface area contributed by atoms with Gasteiger partial charge >= 0.3 is 0 Å². The molecule has 4 nitrogen and oxygen atoms in total. The van der Waals surface area contributed by atoms with E-state index in [0.717, 1.165) is 16.5 Å². The second-order valence-electron chi connectivity index (χ2n) is 5.57. The normalized spacial score (nSPS) is 13.7. The Hall–Kier alpha value is -2.59. The first-order valence-electron chi connectivity index (χ1n) is 7.20. The number of benzene rings is 2. The Morgan fingerprint density at radius 3 is 2.68 bits per heavy atom. The lowest BCUT2D eigenvalue weighted by atomic mass is 9.96. The largest absolute Gasteiger partial charge is 0.384 e. The van der Waals surface area contributed by atoms with Gasteiger partial charge in [-0.1, -0.05) is 42.5 Å². The van der Waals surface area contributed by atoms with E-state index in [1.807, 2.05) is 54.7 Å². The van der Waals surface area contributed by atoms with Crippen molar-refractivity contribution in [3.05, 3.63) is 71.9 Å². The van der Waals surface area contributed by atoms with Crippen molar-refractivity contribution in [3.63, 3.8) is 0 Å². The molecule has 22 heavy (non-hydrogen) atoms. The third kappa shape index (κ3) is 2.73. The van der Waals surface area contributed by atoms with E-state index in [1.165, 1.54) is 0 Å². The highest BCUT2D eigenvalue weighted by Gasteiger charge is 2.24. The Labute approximate surface area is 128 Å². The molecule has 0 aliphatic heterocycles. The molecule has 0 saturated heterocycles. The minimum atomic E-state index is -1.11. The Balaban J connectivity index is 1.76. The monoisotopic (exact) mass is 294 g/mol. The number of aromatic nitrogens is 1. The summed E-state index contributed by atoms with van der Waals surface area (Å²) < 4.78 is 0. The zero-order valence-electron chi connectivity index (χ0n) is 12.3. The molecule has 3 N–H and O–H groups in total. The van der Waals surface area contributed by atoms with Crippen molar-refractivity contribution in [2.45, 2.75) is 12.5 Å². The van der Waals surface area contributed by atoms with Gasteiger partial charge < -0.3 is 15.4 Å². The van der Waals surface area contributed by atoms with Gasteiger partial charge in [-0.15, -0.1) is 0 Å². The summed E-state index contributed by atoms with van der Waals surface area (Å²) in [5.74, 6) is -0.204. The maximum absolute atomic E-state index is 12.4. The molecule has 0 aliphatic carbocycles. The molecule has 4 heteroatoms. The maximum atomic E-state index is 12.4. The minimum absolute atomic E-state index is 0.146. The summed E-state index contributed by atoms with van der Waals surface area (Å²) in [6.07, 6.45) is 1.81. The summed E-state index contributed by atoms with van der Waals surface area (Å²) in [5.41, 5.74) is 1.04. The van der Waals surface area contributed by atoms with Gasteiger partial charge in [-0.25, -0.2) is 0 Å². The van der Waals surface area contributed by atoms with E-state index in [2.05, 4.69) is 10.3 Å². The zero-order valence-corrected chi connectivity index (χ0v) is 12.3. The van der Waals surface area contributed by atoms with Gasteiger partial charge in [0.2, 0.25) is 0 Å². The average molecular weight is 294 g/mol. The van der Waals surface area contributed by atoms with Crippen LogP contribution in [0.25, 0.3) is 10.9 Å². The van der Waals surface area contributed by atoms with Gasteiger partial charge in [-0.2, -0.15) is 0 Å². The first kappa shape index (κ1) is 14.4. The highest BCUT2D eigenvalue weighted by Crippen LogP contribution is 2.20. The molecule has 0 radical (unpaired) electrons. The molecular weight excluding hydrogens is 276 g/mol. The zero-order chi connectivity index (χ0) is 15.6. The predicted octanol–water partition coefficient (Wildman–Crippen LogP) is 2.81. The Bertz CT molecular complexity index is 791. The lowest BCUT2D eigenvalue weighted by Gasteiger charge is -2.24. The molecule has 1 unspecified atom stereocenters. The first-order chi connectivity index (χ1) is 10.6. The van der Waals surface area contributed by atoms with Crippen LogP contribution in [0.4, 0.5) is 0 Å². The molecule has 3 rings (SSSR count). The van der Waals surface area contributed by atoms with Crippen molar-refractivity contribution in [1.82, 2.24) is 10.3 Å². The standard InChI is InChI=1S/C18H18N2O2/c1-18(22,14-7-3-2-4-8-14)12-20-17(21)15-9-5-6-13-10-11-19-16(13)15/h2-11,19,22H,12H2,1H3,(H,20,21). The third-order valence-electron chi connectivity index (χ3n) is 3.82. The van der Waals surface area contributed by atoms with Crippen LogP contribution in [-0.4, -0.2) is 22.5 Å². The van der Waals surface area contributed by atoms with E-state index < -0.39 is 5.60 Å². The Kier molecular flexibility index (Phi) is 3.69. The lowest BCUT2D eigenvalue weighted by Crippen LogP contribution is -2.38. The van der Waals surface area contributed by atoms with E-state index in [-0.39, 0.29) is 12.5 Å². The Morgan fingerprint density at radius 1 is 1.14 bits per heavy atom. The van der Waals surface area contributed by atoms with Crippen LogP contribution in [0.1, 0.15) is 22.8 Å². The first-order valence-corrected chi connectivity index (χ1v) is 7.20. The molecule has 3 aromatic rings. The van der Waals surface area contributed by atoms with Gasteiger partial charge in [-0.3, -0.25) is 4.79 Å². The van der Waals surface area contributed by atoms with Gasteiger partial charge in [0.25, 0.3) is 5.91 Å². The second-order valence-corrected chi connectivity index (χ2v) is 5.57. The van der Waals surface area contributed by atoms with Crippen LogP contribution in [0.5, 0.6) is 0 Å². The van der Waals surface area contributed by atoms with Crippen molar-refractivity contribution in [2.24, 2.45) is 0 Å². The van der Waals surface area contributed by atoms with Gasteiger partial charge in [0, 0.05) is 11.6 Å². The maximum Gasteiger partial charge on any atom is 0.253 e. The van der Waals surface area contributed by atoms with Crippen LogP contribution < -0.4 is 5.32 Å². The van der Waals surface area contributed by atoms with E-state index in [1.54, 1.807) is 13.0 Å². The van der Waals surface area contributed by atoms with Crippen molar-refractivity contribution < 1.29 is 9.90 Å². The van der Waals surface area contributed by atoms with E-state index in [4.69, 9.17) is 0 Å². The molecule has 1 heterocycles. The van der Waals surface area contributed by atoms with Crippen molar-refractivity contribution >= 4 is 16.8 Å². The molecule has 0 saturated carbocycles. The molecule has 1 amide bonds. The van der Waals surface area contributed by atoms with Crippen molar-refractivity contribution in [3.8, 4) is 0 Å². The van der Waals surface area contributed by atoms with Crippen molar-refractivity contribution in [1.29, 1.82) is 0 Å². The quantitative estimate of drug-likeness (QED) is 0.693. The minimum Gasteiger partial charge on any atom is -0.384 e.